The molecule has 2 aromatic heterocycles. The third-order valence-corrected chi connectivity index (χ3v) is 3.67. The van der Waals surface area contributed by atoms with E-state index in [-0.39, 0.29) is 12.4 Å². The standard InChI is InChI=1S/C17H15BrN2O.ClH/c18-15-5-3-14(4-6-15)17-8-7-16(21-17)12-20-11-13-2-1-9-19-10-13;/h1-10,20H,11-12H2;1H/p-1. The van der Waals surface area contributed by atoms with Gasteiger partial charge in [0.1, 0.15) is 11.5 Å². The fourth-order valence-corrected chi connectivity index (χ4v) is 2.34. The van der Waals surface area contributed by atoms with E-state index >= 15 is 0 Å². The molecule has 0 aliphatic carbocycles. The van der Waals surface area contributed by atoms with Crippen molar-refractivity contribution in [2.24, 2.45) is 0 Å². The van der Waals surface area contributed by atoms with Crippen molar-refractivity contribution in [3.8, 4) is 11.3 Å². The molecule has 0 fully saturated rings. The molecule has 0 spiro atoms. The molecule has 22 heavy (non-hydrogen) atoms. The Labute approximate surface area is 144 Å². The van der Waals surface area contributed by atoms with Gasteiger partial charge in [-0.1, -0.05) is 34.1 Å². The summed E-state index contributed by atoms with van der Waals surface area (Å²) in [7, 11) is 0. The molecule has 0 saturated heterocycles. The van der Waals surface area contributed by atoms with Crippen molar-refractivity contribution in [1.29, 1.82) is 0 Å². The average Bonchev–Trinajstić information content (AvgIpc) is 2.98. The van der Waals surface area contributed by atoms with Crippen LogP contribution in [0.2, 0.25) is 0 Å². The van der Waals surface area contributed by atoms with Crippen LogP contribution < -0.4 is 17.7 Å². The molecule has 3 nitrogen and oxygen atoms in total. The molecular weight excluding hydrogens is 364 g/mol. The molecule has 0 saturated carbocycles. The van der Waals surface area contributed by atoms with Crippen LogP contribution in [-0.2, 0) is 13.1 Å². The molecule has 0 aliphatic rings. The van der Waals surface area contributed by atoms with Crippen molar-refractivity contribution in [1.82, 2.24) is 10.3 Å². The number of nitrogens with zero attached hydrogens (tertiary/aromatic N) is 1. The van der Waals surface area contributed by atoms with Crippen molar-refractivity contribution in [2.45, 2.75) is 13.1 Å². The van der Waals surface area contributed by atoms with Crippen LogP contribution >= 0.6 is 15.9 Å². The summed E-state index contributed by atoms with van der Waals surface area (Å²) in [6, 6.07) is 16.1. The number of hydrogen-bond acceptors (Lipinski definition) is 3. The molecule has 0 radical (unpaired) electrons. The molecule has 0 aliphatic heterocycles. The molecule has 0 amide bonds. The highest BCUT2D eigenvalue weighted by Crippen LogP contribution is 2.23. The van der Waals surface area contributed by atoms with Crippen LogP contribution in [-0.4, -0.2) is 4.98 Å². The summed E-state index contributed by atoms with van der Waals surface area (Å²) in [5.74, 6) is 1.82. The topological polar surface area (TPSA) is 38.1 Å². The number of rotatable bonds is 5. The predicted molar refractivity (Wildman–Crippen MR) is 86.6 cm³/mol. The Hall–Kier alpha value is -1.62. The number of benzene rings is 1. The fourth-order valence-electron chi connectivity index (χ4n) is 2.07. The molecule has 5 heteroatoms. The molecule has 114 valence electrons. The minimum Gasteiger partial charge on any atom is -1.00 e. The van der Waals surface area contributed by atoms with E-state index in [2.05, 4.69) is 32.3 Å². The van der Waals surface area contributed by atoms with Crippen LogP contribution in [0.3, 0.4) is 0 Å². The maximum Gasteiger partial charge on any atom is 0.134 e. The van der Waals surface area contributed by atoms with Gasteiger partial charge >= 0.3 is 0 Å². The van der Waals surface area contributed by atoms with Gasteiger partial charge in [0.05, 0.1) is 6.54 Å². The lowest BCUT2D eigenvalue weighted by atomic mass is 10.2. The van der Waals surface area contributed by atoms with E-state index < -0.39 is 0 Å². The van der Waals surface area contributed by atoms with Gasteiger partial charge in [0.2, 0.25) is 0 Å². The highest BCUT2D eigenvalue weighted by atomic mass is 79.9. The largest absolute Gasteiger partial charge is 1.00 e. The first kappa shape index (κ1) is 16.7. The maximum atomic E-state index is 5.85. The zero-order valence-corrected chi connectivity index (χ0v) is 14.1. The Bertz CT molecular complexity index is 698. The quantitative estimate of drug-likeness (QED) is 0.729. The summed E-state index contributed by atoms with van der Waals surface area (Å²) in [5, 5.41) is 3.35. The second-order valence-electron chi connectivity index (χ2n) is 4.74. The van der Waals surface area contributed by atoms with Crippen molar-refractivity contribution in [3.63, 3.8) is 0 Å². The van der Waals surface area contributed by atoms with Crippen LogP contribution in [0.1, 0.15) is 11.3 Å². The van der Waals surface area contributed by atoms with Crippen LogP contribution in [0.15, 0.2) is 69.8 Å². The van der Waals surface area contributed by atoms with Crippen molar-refractivity contribution < 1.29 is 16.8 Å². The van der Waals surface area contributed by atoms with E-state index in [0.29, 0.717) is 6.54 Å². The molecule has 3 rings (SSSR count). The first-order valence-electron chi connectivity index (χ1n) is 6.75. The normalized spacial score (nSPS) is 10.2. The highest BCUT2D eigenvalue weighted by Gasteiger charge is 2.04. The summed E-state index contributed by atoms with van der Waals surface area (Å²) < 4.78 is 6.92. The average molecular weight is 379 g/mol. The Morgan fingerprint density at radius 3 is 2.55 bits per heavy atom. The predicted octanol–water partition coefficient (Wildman–Crippen LogP) is 1.40. The van der Waals surface area contributed by atoms with Crippen molar-refractivity contribution >= 4 is 15.9 Å². The number of aromatic nitrogens is 1. The molecule has 1 N–H and O–H groups in total. The van der Waals surface area contributed by atoms with E-state index in [9.17, 15) is 0 Å². The van der Waals surface area contributed by atoms with Crippen LogP contribution in [0.25, 0.3) is 11.3 Å². The summed E-state index contributed by atoms with van der Waals surface area (Å²) in [5.41, 5.74) is 2.24. The van der Waals surface area contributed by atoms with Crippen LogP contribution in [0.5, 0.6) is 0 Å². The van der Waals surface area contributed by atoms with Gasteiger partial charge in [0.25, 0.3) is 0 Å². The summed E-state index contributed by atoms with van der Waals surface area (Å²) in [6.07, 6.45) is 3.64. The Kier molecular flexibility index (Phi) is 6.19. The SMILES string of the molecule is Brc1ccc(-c2ccc(CNCc3cccnc3)o2)cc1.[Cl-]. The lowest BCUT2D eigenvalue weighted by molar-refractivity contribution is -0.00000471. The van der Waals surface area contributed by atoms with Crippen LogP contribution in [0, 0.1) is 0 Å². The Morgan fingerprint density at radius 2 is 1.82 bits per heavy atom. The summed E-state index contributed by atoms with van der Waals surface area (Å²) >= 11 is 3.43. The van der Waals surface area contributed by atoms with Gasteiger partial charge < -0.3 is 22.1 Å². The number of furan rings is 1. The monoisotopic (exact) mass is 377 g/mol. The highest BCUT2D eigenvalue weighted by molar-refractivity contribution is 9.10. The van der Waals surface area contributed by atoms with E-state index in [0.717, 1.165) is 33.7 Å². The third kappa shape index (κ3) is 4.44. The second kappa shape index (κ2) is 8.13. The number of hydrogen-bond donors (Lipinski definition) is 1. The smallest absolute Gasteiger partial charge is 0.134 e. The lowest BCUT2D eigenvalue weighted by Crippen LogP contribution is -3.00. The minimum absolute atomic E-state index is 0. The van der Waals surface area contributed by atoms with Gasteiger partial charge in [-0.15, -0.1) is 0 Å². The molecule has 0 unspecified atom stereocenters. The molecule has 1 aromatic carbocycles. The molecular formula is C17H15BrClN2O-. The van der Waals surface area contributed by atoms with Crippen LogP contribution in [0.4, 0.5) is 0 Å². The van der Waals surface area contributed by atoms with Gasteiger partial charge in [-0.05, 0) is 35.9 Å². The van der Waals surface area contributed by atoms with Gasteiger partial charge in [0.15, 0.2) is 0 Å². The lowest BCUT2D eigenvalue weighted by Gasteiger charge is -2.02. The number of nitrogens with one attached hydrogen (secondary N) is 1. The molecule has 3 aromatic rings. The second-order valence-corrected chi connectivity index (χ2v) is 5.65. The summed E-state index contributed by atoms with van der Waals surface area (Å²) in [4.78, 5) is 4.09. The number of pyridine rings is 1. The fraction of sp³-hybridized carbons (Fsp3) is 0.118. The molecule has 2 heterocycles. The zero-order valence-electron chi connectivity index (χ0n) is 11.8. The van der Waals surface area contributed by atoms with Gasteiger partial charge in [0, 0.05) is 29.0 Å². The first-order chi connectivity index (χ1) is 10.3. The first-order valence-corrected chi connectivity index (χ1v) is 7.55. The summed E-state index contributed by atoms with van der Waals surface area (Å²) in [6.45, 7) is 1.48. The third-order valence-electron chi connectivity index (χ3n) is 3.14. The van der Waals surface area contributed by atoms with Gasteiger partial charge in [-0.3, -0.25) is 4.98 Å². The zero-order chi connectivity index (χ0) is 14.5. The van der Waals surface area contributed by atoms with E-state index in [1.807, 2.05) is 48.7 Å². The minimum atomic E-state index is 0. The van der Waals surface area contributed by atoms with Gasteiger partial charge in [-0.25, -0.2) is 0 Å². The van der Waals surface area contributed by atoms with Gasteiger partial charge in [-0.2, -0.15) is 0 Å². The van der Waals surface area contributed by atoms with E-state index in [1.165, 1.54) is 0 Å². The van der Waals surface area contributed by atoms with E-state index in [1.54, 1.807) is 6.20 Å². The Balaban J connectivity index is 0.00000176. The van der Waals surface area contributed by atoms with E-state index in [4.69, 9.17) is 4.42 Å². The molecule has 0 bridgehead atoms. The Morgan fingerprint density at radius 1 is 1.00 bits per heavy atom. The molecule has 0 atom stereocenters. The van der Waals surface area contributed by atoms with Crippen molar-refractivity contribution in [3.05, 3.63) is 76.7 Å². The van der Waals surface area contributed by atoms with Crippen molar-refractivity contribution in [2.75, 3.05) is 0 Å². The maximum absolute atomic E-state index is 5.85. The number of halogens is 2.